The molecule has 2 aliphatic rings. The van der Waals surface area contributed by atoms with Gasteiger partial charge in [0.1, 0.15) is 12.1 Å². The molecule has 1 aliphatic carbocycles. The number of H-pyrrole nitrogens is 1. The summed E-state index contributed by atoms with van der Waals surface area (Å²) in [5.74, 6) is 1.65. The SMILES string of the molecule is COc1cc(N(C2CC2)C2CCN(Cc3cc(C)[nH]n3)CC2)ncn1. The lowest BCUT2D eigenvalue weighted by molar-refractivity contribution is 0.198. The first-order chi connectivity index (χ1) is 12.2. The number of piperidine rings is 1. The summed E-state index contributed by atoms with van der Waals surface area (Å²) in [5, 5.41) is 7.39. The first-order valence-electron chi connectivity index (χ1n) is 9.10. The van der Waals surface area contributed by atoms with Gasteiger partial charge in [-0.1, -0.05) is 0 Å². The number of anilines is 1. The lowest BCUT2D eigenvalue weighted by Crippen LogP contribution is -2.46. The van der Waals surface area contributed by atoms with Gasteiger partial charge < -0.3 is 9.64 Å². The fraction of sp³-hybridized carbons (Fsp3) is 0.611. The molecule has 0 radical (unpaired) electrons. The van der Waals surface area contributed by atoms with E-state index in [0.29, 0.717) is 18.0 Å². The molecule has 1 saturated heterocycles. The van der Waals surface area contributed by atoms with Crippen LogP contribution < -0.4 is 9.64 Å². The molecule has 4 rings (SSSR count). The maximum Gasteiger partial charge on any atom is 0.218 e. The number of nitrogens with zero attached hydrogens (tertiary/aromatic N) is 5. The Balaban J connectivity index is 1.40. The lowest BCUT2D eigenvalue weighted by atomic mass is 10.0. The van der Waals surface area contributed by atoms with Crippen LogP contribution in [0.4, 0.5) is 5.82 Å². The molecule has 2 fully saturated rings. The second kappa shape index (κ2) is 7.00. The number of aryl methyl sites for hydroxylation is 1. The van der Waals surface area contributed by atoms with Gasteiger partial charge in [0.15, 0.2) is 0 Å². The van der Waals surface area contributed by atoms with E-state index in [-0.39, 0.29) is 0 Å². The van der Waals surface area contributed by atoms with Crippen molar-refractivity contribution >= 4 is 5.82 Å². The molecular formula is C18H26N6O. The van der Waals surface area contributed by atoms with Crippen molar-refractivity contribution < 1.29 is 4.74 Å². The number of nitrogens with one attached hydrogen (secondary N) is 1. The Kier molecular flexibility index (Phi) is 4.57. The van der Waals surface area contributed by atoms with Gasteiger partial charge in [0, 0.05) is 43.5 Å². The Morgan fingerprint density at radius 2 is 1.92 bits per heavy atom. The number of hydrogen-bond donors (Lipinski definition) is 1. The molecule has 2 aromatic rings. The van der Waals surface area contributed by atoms with Crippen molar-refractivity contribution in [1.29, 1.82) is 0 Å². The number of rotatable bonds is 6. The summed E-state index contributed by atoms with van der Waals surface area (Å²) in [4.78, 5) is 13.7. The minimum absolute atomic E-state index is 0.546. The van der Waals surface area contributed by atoms with Crippen LogP contribution in [-0.4, -0.2) is 57.3 Å². The maximum atomic E-state index is 5.28. The van der Waals surface area contributed by atoms with E-state index >= 15 is 0 Å². The zero-order valence-corrected chi connectivity index (χ0v) is 15.0. The van der Waals surface area contributed by atoms with Crippen LogP contribution in [0.15, 0.2) is 18.5 Å². The minimum Gasteiger partial charge on any atom is -0.481 e. The van der Waals surface area contributed by atoms with Crippen molar-refractivity contribution in [2.75, 3.05) is 25.1 Å². The molecule has 0 unspecified atom stereocenters. The Morgan fingerprint density at radius 3 is 2.56 bits per heavy atom. The molecule has 1 aliphatic heterocycles. The van der Waals surface area contributed by atoms with Crippen molar-refractivity contribution in [3.8, 4) is 5.88 Å². The van der Waals surface area contributed by atoms with E-state index in [2.05, 4.69) is 36.0 Å². The molecule has 7 heteroatoms. The number of likely N-dealkylation sites (tertiary alicyclic amines) is 1. The Morgan fingerprint density at radius 1 is 1.16 bits per heavy atom. The molecule has 25 heavy (non-hydrogen) atoms. The summed E-state index contributed by atoms with van der Waals surface area (Å²) in [6.07, 6.45) is 6.45. The summed E-state index contributed by atoms with van der Waals surface area (Å²) in [5.41, 5.74) is 2.26. The first kappa shape index (κ1) is 16.3. The van der Waals surface area contributed by atoms with Gasteiger partial charge in [-0.05, 0) is 38.7 Å². The monoisotopic (exact) mass is 342 g/mol. The van der Waals surface area contributed by atoms with Crippen molar-refractivity contribution in [1.82, 2.24) is 25.1 Å². The van der Waals surface area contributed by atoms with Crippen LogP contribution in [0.1, 0.15) is 37.1 Å². The van der Waals surface area contributed by atoms with E-state index < -0.39 is 0 Å². The molecular weight excluding hydrogens is 316 g/mol. The molecule has 1 N–H and O–H groups in total. The molecule has 0 bridgehead atoms. The average molecular weight is 342 g/mol. The Labute approximate surface area is 148 Å². The highest BCUT2D eigenvalue weighted by Crippen LogP contribution is 2.36. The standard InChI is InChI=1S/C18H26N6O/c1-13-9-14(22-21-13)11-23-7-5-16(6-8-23)24(15-3-4-15)17-10-18(25-2)20-12-19-17/h9-10,12,15-16H,3-8,11H2,1-2H3,(H,21,22). The minimum atomic E-state index is 0.546. The van der Waals surface area contributed by atoms with E-state index in [1.807, 2.05) is 13.0 Å². The van der Waals surface area contributed by atoms with Gasteiger partial charge in [-0.2, -0.15) is 5.10 Å². The maximum absolute atomic E-state index is 5.28. The van der Waals surface area contributed by atoms with E-state index in [1.54, 1.807) is 13.4 Å². The van der Waals surface area contributed by atoms with Crippen LogP contribution in [0.5, 0.6) is 5.88 Å². The topological polar surface area (TPSA) is 70.2 Å². The summed E-state index contributed by atoms with van der Waals surface area (Å²) in [6.45, 7) is 5.18. The van der Waals surface area contributed by atoms with E-state index in [9.17, 15) is 0 Å². The fourth-order valence-corrected chi connectivity index (χ4v) is 3.75. The largest absolute Gasteiger partial charge is 0.481 e. The number of hydrogen-bond acceptors (Lipinski definition) is 6. The zero-order valence-electron chi connectivity index (χ0n) is 15.0. The molecule has 3 heterocycles. The van der Waals surface area contributed by atoms with Crippen LogP contribution in [0.2, 0.25) is 0 Å². The summed E-state index contributed by atoms with van der Waals surface area (Å²) < 4.78 is 5.28. The van der Waals surface area contributed by atoms with Gasteiger partial charge in [-0.25, -0.2) is 9.97 Å². The van der Waals surface area contributed by atoms with Crippen molar-refractivity contribution in [3.63, 3.8) is 0 Å². The first-order valence-corrected chi connectivity index (χ1v) is 9.10. The van der Waals surface area contributed by atoms with E-state index in [0.717, 1.165) is 49.7 Å². The second-order valence-electron chi connectivity index (χ2n) is 7.11. The Hall–Kier alpha value is -2.15. The lowest BCUT2D eigenvalue weighted by Gasteiger charge is -2.39. The highest BCUT2D eigenvalue weighted by molar-refractivity contribution is 5.45. The van der Waals surface area contributed by atoms with Crippen molar-refractivity contribution in [3.05, 3.63) is 29.8 Å². The van der Waals surface area contributed by atoms with Gasteiger partial charge in [-0.15, -0.1) is 0 Å². The van der Waals surface area contributed by atoms with Crippen molar-refractivity contribution in [2.45, 2.75) is 51.2 Å². The molecule has 0 aromatic carbocycles. The van der Waals surface area contributed by atoms with Gasteiger partial charge in [0.25, 0.3) is 0 Å². The summed E-state index contributed by atoms with van der Waals surface area (Å²) in [7, 11) is 1.66. The third-order valence-electron chi connectivity index (χ3n) is 5.14. The molecule has 0 amide bonds. The predicted octanol–water partition coefficient (Wildman–Crippen LogP) is 2.15. The number of ether oxygens (including phenoxy) is 1. The molecule has 0 spiro atoms. The number of aromatic nitrogens is 4. The Bertz CT molecular complexity index is 705. The molecule has 1 saturated carbocycles. The van der Waals surface area contributed by atoms with Crippen LogP contribution in [0.3, 0.4) is 0 Å². The zero-order chi connectivity index (χ0) is 17.2. The average Bonchev–Trinajstić information content (AvgIpc) is 3.38. The van der Waals surface area contributed by atoms with Gasteiger partial charge in [0.2, 0.25) is 5.88 Å². The third-order valence-corrected chi connectivity index (χ3v) is 5.14. The summed E-state index contributed by atoms with van der Waals surface area (Å²) in [6, 6.07) is 5.28. The smallest absolute Gasteiger partial charge is 0.218 e. The van der Waals surface area contributed by atoms with Gasteiger partial charge >= 0.3 is 0 Å². The van der Waals surface area contributed by atoms with Gasteiger partial charge in [-0.3, -0.25) is 10.00 Å². The van der Waals surface area contributed by atoms with E-state index in [1.165, 1.54) is 12.8 Å². The normalized spacial score (nSPS) is 19.1. The second-order valence-corrected chi connectivity index (χ2v) is 7.11. The van der Waals surface area contributed by atoms with Crippen LogP contribution in [-0.2, 0) is 6.54 Å². The highest BCUT2D eigenvalue weighted by atomic mass is 16.5. The summed E-state index contributed by atoms with van der Waals surface area (Å²) >= 11 is 0. The predicted molar refractivity (Wildman–Crippen MR) is 95.7 cm³/mol. The van der Waals surface area contributed by atoms with Crippen LogP contribution >= 0.6 is 0 Å². The quantitative estimate of drug-likeness (QED) is 0.867. The van der Waals surface area contributed by atoms with Gasteiger partial charge in [0.05, 0.1) is 12.8 Å². The third kappa shape index (κ3) is 3.76. The fourth-order valence-electron chi connectivity index (χ4n) is 3.75. The molecule has 0 atom stereocenters. The van der Waals surface area contributed by atoms with Crippen molar-refractivity contribution in [2.24, 2.45) is 0 Å². The number of methoxy groups -OCH3 is 1. The van der Waals surface area contributed by atoms with E-state index in [4.69, 9.17) is 4.74 Å². The molecule has 7 nitrogen and oxygen atoms in total. The molecule has 134 valence electrons. The number of aromatic amines is 1. The van der Waals surface area contributed by atoms with Crippen LogP contribution in [0.25, 0.3) is 0 Å². The highest BCUT2D eigenvalue weighted by Gasteiger charge is 2.36. The molecule has 2 aromatic heterocycles. The van der Waals surface area contributed by atoms with Crippen LogP contribution in [0, 0.1) is 6.92 Å².